The summed E-state index contributed by atoms with van der Waals surface area (Å²) in [5, 5.41) is 7.20. The lowest BCUT2D eigenvalue weighted by molar-refractivity contribution is -0.121. The third-order valence-electron chi connectivity index (χ3n) is 4.40. The lowest BCUT2D eigenvalue weighted by Gasteiger charge is -2.15. The first-order valence-electron chi connectivity index (χ1n) is 8.33. The Labute approximate surface area is 146 Å². The first kappa shape index (κ1) is 17.0. The van der Waals surface area contributed by atoms with Crippen LogP contribution in [0.5, 0.6) is 0 Å². The van der Waals surface area contributed by atoms with Crippen molar-refractivity contribution >= 4 is 11.7 Å². The first-order chi connectivity index (χ1) is 12.0. The highest BCUT2D eigenvalue weighted by Gasteiger charge is 2.14. The molecule has 3 heterocycles. The van der Waals surface area contributed by atoms with E-state index < -0.39 is 0 Å². The maximum Gasteiger partial charge on any atom is 0.252 e. The number of aryl methyl sites for hydroxylation is 3. The maximum atomic E-state index is 12.3. The van der Waals surface area contributed by atoms with Crippen molar-refractivity contribution in [2.24, 2.45) is 0 Å². The molecule has 0 saturated heterocycles. The van der Waals surface area contributed by atoms with E-state index in [1.165, 1.54) is 6.33 Å². The molecule has 0 radical (unpaired) electrons. The SMILES string of the molecule is Cc1ccc([C@H](C)NC(=O)CCc2c(C)nc3ncnn3c2C)cn1. The standard InChI is InChI=1S/C18H22N6O/c1-11-5-6-15(9-19-11)12(2)22-17(25)8-7-16-13(3)23-18-20-10-21-24(18)14(16)4/h5-6,9-10,12H,7-8H2,1-4H3,(H,22,25)/t12-/m0/s1. The van der Waals surface area contributed by atoms with Crippen LogP contribution < -0.4 is 5.32 Å². The predicted molar refractivity (Wildman–Crippen MR) is 94.1 cm³/mol. The molecule has 0 spiro atoms. The molecule has 0 aliphatic rings. The second-order valence-corrected chi connectivity index (χ2v) is 6.26. The smallest absolute Gasteiger partial charge is 0.252 e. The summed E-state index contributed by atoms with van der Waals surface area (Å²) in [5.74, 6) is 0.592. The van der Waals surface area contributed by atoms with Crippen LogP contribution in [0.3, 0.4) is 0 Å². The summed E-state index contributed by atoms with van der Waals surface area (Å²) >= 11 is 0. The van der Waals surface area contributed by atoms with Gasteiger partial charge in [-0.25, -0.2) is 9.50 Å². The summed E-state index contributed by atoms with van der Waals surface area (Å²) in [6.07, 6.45) is 4.30. The molecular formula is C18H22N6O. The number of aromatic nitrogens is 5. The van der Waals surface area contributed by atoms with Gasteiger partial charge in [-0.2, -0.15) is 10.1 Å². The van der Waals surface area contributed by atoms with Gasteiger partial charge in [0.2, 0.25) is 5.91 Å². The van der Waals surface area contributed by atoms with Gasteiger partial charge in [-0.05, 0) is 51.3 Å². The number of hydrogen-bond donors (Lipinski definition) is 1. The highest BCUT2D eigenvalue weighted by atomic mass is 16.1. The van der Waals surface area contributed by atoms with E-state index in [0.717, 1.165) is 28.2 Å². The van der Waals surface area contributed by atoms with E-state index in [1.54, 1.807) is 10.7 Å². The van der Waals surface area contributed by atoms with Crippen molar-refractivity contribution in [1.29, 1.82) is 0 Å². The number of rotatable bonds is 5. The van der Waals surface area contributed by atoms with Gasteiger partial charge in [-0.3, -0.25) is 9.78 Å². The zero-order valence-electron chi connectivity index (χ0n) is 14.9. The molecule has 0 bridgehead atoms. The molecule has 7 heteroatoms. The molecule has 130 valence electrons. The molecule has 3 aromatic rings. The number of hydrogen-bond acceptors (Lipinski definition) is 5. The Kier molecular flexibility index (Phi) is 4.74. The van der Waals surface area contributed by atoms with Gasteiger partial charge in [-0.15, -0.1) is 0 Å². The minimum atomic E-state index is -0.0706. The number of nitrogens with zero attached hydrogens (tertiary/aromatic N) is 5. The van der Waals surface area contributed by atoms with E-state index in [1.807, 2.05) is 39.8 Å². The minimum absolute atomic E-state index is 0.00515. The topological polar surface area (TPSA) is 85.1 Å². The van der Waals surface area contributed by atoms with Gasteiger partial charge in [0.05, 0.1) is 6.04 Å². The normalized spacial score (nSPS) is 12.3. The van der Waals surface area contributed by atoms with Crippen molar-refractivity contribution in [3.63, 3.8) is 0 Å². The van der Waals surface area contributed by atoms with Crippen molar-refractivity contribution in [3.8, 4) is 0 Å². The third kappa shape index (κ3) is 3.65. The molecule has 1 N–H and O–H groups in total. The maximum absolute atomic E-state index is 12.3. The van der Waals surface area contributed by atoms with Crippen LogP contribution in [0, 0.1) is 20.8 Å². The quantitative estimate of drug-likeness (QED) is 0.771. The van der Waals surface area contributed by atoms with Crippen molar-refractivity contribution in [2.75, 3.05) is 0 Å². The molecule has 7 nitrogen and oxygen atoms in total. The second kappa shape index (κ2) is 6.96. The van der Waals surface area contributed by atoms with E-state index in [9.17, 15) is 4.79 Å². The number of fused-ring (bicyclic) bond motifs is 1. The summed E-state index contributed by atoms with van der Waals surface area (Å²) in [7, 11) is 0. The van der Waals surface area contributed by atoms with E-state index in [-0.39, 0.29) is 11.9 Å². The molecule has 0 aliphatic carbocycles. The Hall–Kier alpha value is -2.83. The Morgan fingerprint density at radius 1 is 1.24 bits per heavy atom. The van der Waals surface area contributed by atoms with Gasteiger partial charge >= 0.3 is 0 Å². The van der Waals surface area contributed by atoms with Gasteiger partial charge in [0.15, 0.2) is 0 Å². The molecule has 25 heavy (non-hydrogen) atoms. The van der Waals surface area contributed by atoms with E-state index >= 15 is 0 Å². The molecular weight excluding hydrogens is 316 g/mol. The van der Waals surface area contributed by atoms with Gasteiger partial charge in [0.25, 0.3) is 5.78 Å². The summed E-state index contributed by atoms with van der Waals surface area (Å²) in [5.41, 5.74) is 4.87. The van der Waals surface area contributed by atoms with Crippen LogP contribution in [0.4, 0.5) is 0 Å². The van der Waals surface area contributed by atoms with Crippen LogP contribution in [0.2, 0.25) is 0 Å². The molecule has 0 unspecified atom stereocenters. The van der Waals surface area contributed by atoms with Crippen LogP contribution in [0.1, 0.15) is 47.6 Å². The number of carbonyl (C=O) groups excluding carboxylic acids is 1. The summed E-state index contributed by atoms with van der Waals surface area (Å²) in [6.45, 7) is 7.82. The average Bonchev–Trinajstić information content (AvgIpc) is 3.03. The van der Waals surface area contributed by atoms with Crippen LogP contribution in [0.25, 0.3) is 5.78 Å². The van der Waals surface area contributed by atoms with Crippen molar-refractivity contribution in [2.45, 2.75) is 46.6 Å². The van der Waals surface area contributed by atoms with Gasteiger partial charge in [0, 0.05) is 29.7 Å². The second-order valence-electron chi connectivity index (χ2n) is 6.26. The minimum Gasteiger partial charge on any atom is -0.350 e. The monoisotopic (exact) mass is 338 g/mol. The fraction of sp³-hybridized carbons (Fsp3) is 0.389. The summed E-state index contributed by atoms with van der Waals surface area (Å²) in [6, 6.07) is 3.87. The lowest BCUT2D eigenvalue weighted by Crippen LogP contribution is -2.27. The van der Waals surface area contributed by atoms with Crippen LogP contribution >= 0.6 is 0 Å². The van der Waals surface area contributed by atoms with Crippen molar-refractivity contribution in [3.05, 3.63) is 52.9 Å². The predicted octanol–water partition coefficient (Wildman–Crippen LogP) is 2.25. The average molecular weight is 338 g/mol. The van der Waals surface area contributed by atoms with E-state index in [4.69, 9.17) is 0 Å². The van der Waals surface area contributed by atoms with Gasteiger partial charge in [-0.1, -0.05) is 6.07 Å². The fourth-order valence-electron chi connectivity index (χ4n) is 2.89. The summed E-state index contributed by atoms with van der Waals surface area (Å²) < 4.78 is 1.71. The largest absolute Gasteiger partial charge is 0.350 e. The molecule has 0 saturated carbocycles. The Morgan fingerprint density at radius 2 is 2.04 bits per heavy atom. The first-order valence-corrected chi connectivity index (χ1v) is 8.33. The molecule has 0 aromatic carbocycles. The van der Waals surface area contributed by atoms with E-state index in [0.29, 0.717) is 18.6 Å². The van der Waals surface area contributed by atoms with E-state index in [2.05, 4.69) is 25.4 Å². The molecule has 0 aliphatic heterocycles. The molecule has 3 rings (SSSR count). The molecule has 0 fully saturated rings. The number of carbonyl (C=O) groups is 1. The van der Waals surface area contributed by atoms with Crippen molar-refractivity contribution in [1.82, 2.24) is 29.9 Å². The highest BCUT2D eigenvalue weighted by molar-refractivity contribution is 5.76. The Bertz CT molecular complexity index is 900. The zero-order valence-corrected chi connectivity index (χ0v) is 14.9. The number of amides is 1. The number of nitrogens with one attached hydrogen (secondary N) is 1. The Balaban J connectivity index is 1.65. The molecule has 1 amide bonds. The van der Waals surface area contributed by atoms with Crippen molar-refractivity contribution < 1.29 is 4.79 Å². The van der Waals surface area contributed by atoms with Crippen LogP contribution in [-0.4, -0.2) is 30.5 Å². The fourth-order valence-corrected chi connectivity index (χ4v) is 2.89. The Morgan fingerprint density at radius 3 is 2.76 bits per heavy atom. The number of pyridine rings is 1. The molecule has 3 aromatic heterocycles. The van der Waals surface area contributed by atoms with Crippen LogP contribution in [-0.2, 0) is 11.2 Å². The van der Waals surface area contributed by atoms with Crippen LogP contribution in [0.15, 0.2) is 24.7 Å². The highest BCUT2D eigenvalue weighted by Crippen LogP contribution is 2.16. The third-order valence-corrected chi connectivity index (χ3v) is 4.40. The zero-order chi connectivity index (χ0) is 18.0. The van der Waals surface area contributed by atoms with Gasteiger partial charge < -0.3 is 5.32 Å². The lowest BCUT2D eigenvalue weighted by atomic mass is 10.1. The van der Waals surface area contributed by atoms with Gasteiger partial charge in [0.1, 0.15) is 6.33 Å². The molecule has 1 atom stereocenters. The summed E-state index contributed by atoms with van der Waals surface area (Å²) in [4.78, 5) is 25.1.